The minimum Gasteiger partial charge on any atom is -0.374 e. The molecule has 0 radical (unpaired) electrons. The van der Waals surface area contributed by atoms with E-state index < -0.39 is 25.7 Å². The first-order valence-electron chi connectivity index (χ1n) is 10.0. The molecule has 0 saturated carbocycles. The highest BCUT2D eigenvalue weighted by molar-refractivity contribution is 9.33. The van der Waals surface area contributed by atoms with E-state index in [2.05, 4.69) is 11.7 Å². The summed E-state index contributed by atoms with van der Waals surface area (Å²) in [6.07, 6.45) is 0. The van der Waals surface area contributed by atoms with Crippen molar-refractivity contribution in [2.75, 3.05) is 51.1 Å². The van der Waals surface area contributed by atoms with E-state index in [0.717, 1.165) is 23.6 Å². The highest BCUT2D eigenvalue weighted by Crippen LogP contribution is 2.67. The molecular formula is C16H40O6S4Si2. The second-order valence-electron chi connectivity index (χ2n) is 5.72. The Balaban J connectivity index is 5.20. The van der Waals surface area contributed by atoms with Crippen LogP contribution in [0.15, 0.2) is 0 Å². The highest BCUT2D eigenvalue weighted by Gasteiger charge is 2.45. The van der Waals surface area contributed by atoms with Gasteiger partial charge in [0.25, 0.3) is 0 Å². The lowest BCUT2D eigenvalue weighted by Gasteiger charge is -2.37. The Morgan fingerprint density at radius 3 is 1.04 bits per heavy atom. The van der Waals surface area contributed by atoms with Crippen LogP contribution < -0.4 is 0 Å². The standard InChI is InChI=1S/C16H40O6S4Si2/c1-7-17-27(18-8-2,19-9-3)15-13-26(24,25-23)14-16-28(20-10-4,21-11-5)22-12-6/h23-24H,7-16H2,1-6H3. The van der Waals surface area contributed by atoms with Gasteiger partial charge in [0.1, 0.15) is 0 Å². The molecule has 0 aliphatic rings. The second kappa shape index (κ2) is 16.3. The Hall–Kier alpha value is 1.59. The van der Waals surface area contributed by atoms with Gasteiger partial charge in [-0.15, -0.1) is 31.4 Å². The van der Waals surface area contributed by atoms with E-state index >= 15 is 0 Å². The fourth-order valence-corrected chi connectivity index (χ4v) is 16.6. The van der Waals surface area contributed by atoms with E-state index in [4.69, 9.17) is 38.2 Å². The lowest BCUT2D eigenvalue weighted by molar-refractivity contribution is 0.0724. The molecule has 0 N–H and O–H groups in total. The molecule has 28 heavy (non-hydrogen) atoms. The molecule has 0 bridgehead atoms. The third-order valence-electron chi connectivity index (χ3n) is 3.78. The van der Waals surface area contributed by atoms with Gasteiger partial charge in [-0.05, 0) is 62.9 Å². The number of hydrogen-bond acceptors (Lipinski definition) is 9. The predicted octanol–water partition coefficient (Wildman–Crippen LogP) is 5.23. The fourth-order valence-electron chi connectivity index (χ4n) is 2.75. The largest absolute Gasteiger partial charge is 0.501 e. The summed E-state index contributed by atoms with van der Waals surface area (Å²) in [5, 5.41) is 0. The van der Waals surface area contributed by atoms with Crippen LogP contribution in [0.3, 0.4) is 0 Å². The smallest absolute Gasteiger partial charge is 0.374 e. The van der Waals surface area contributed by atoms with Crippen molar-refractivity contribution in [2.24, 2.45) is 0 Å². The zero-order valence-corrected chi connectivity index (χ0v) is 23.7. The monoisotopic (exact) mass is 512 g/mol. The van der Waals surface area contributed by atoms with Crippen LogP contribution in [0.25, 0.3) is 0 Å². The maximum atomic E-state index is 5.99. The molecule has 0 aliphatic heterocycles. The van der Waals surface area contributed by atoms with Crippen molar-refractivity contribution in [3.05, 3.63) is 0 Å². The molecule has 0 heterocycles. The third-order valence-corrected chi connectivity index (χ3v) is 19.8. The number of thiol groups is 2. The first-order chi connectivity index (χ1) is 13.3. The van der Waals surface area contributed by atoms with E-state index in [1.54, 1.807) is 0 Å². The summed E-state index contributed by atoms with van der Waals surface area (Å²) in [6, 6.07) is 1.45. The average molecular weight is 513 g/mol. The summed E-state index contributed by atoms with van der Waals surface area (Å²) in [5.41, 5.74) is 0. The van der Waals surface area contributed by atoms with Crippen LogP contribution in [-0.2, 0) is 26.6 Å². The highest BCUT2D eigenvalue weighted by atomic mass is 33.7. The van der Waals surface area contributed by atoms with E-state index in [1.165, 1.54) is 9.83 Å². The molecule has 0 aromatic heterocycles. The van der Waals surface area contributed by atoms with Crippen molar-refractivity contribution < 1.29 is 26.6 Å². The van der Waals surface area contributed by atoms with Crippen LogP contribution in [0.2, 0.25) is 12.1 Å². The maximum absolute atomic E-state index is 5.99. The van der Waals surface area contributed by atoms with Crippen LogP contribution in [0.1, 0.15) is 41.5 Å². The summed E-state index contributed by atoms with van der Waals surface area (Å²) in [4.78, 5) is 0. The maximum Gasteiger partial charge on any atom is 0.501 e. The predicted molar refractivity (Wildman–Crippen MR) is 134 cm³/mol. The van der Waals surface area contributed by atoms with Crippen LogP contribution in [-0.4, -0.2) is 68.8 Å². The molecule has 0 aliphatic carbocycles. The first kappa shape index (κ1) is 29.6. The first-order valence-corrected chi connectivity index (χ1v) is 19.3. The molecule has 12 heteroatoms. The minimum absolute atomic E-state index is 0.574. The number of rotatable bonds is 19. The topological polar surface area (TPSA) is 55.4 Å². The van der Waals surface area contributed by atoms with E-state index in [-0.39, 0.29) is 0 Å². The molecule has 0 spiro atoms. The normalized spacial score (nSPS) is 13.9. The van der Waals surface area contributed by atoms with Gasteiger partial charge in [-0.3, -0.25) is 0 Å². The Bertz CT molecular complexity index is 334. The molecule has 0 rings (SSSR count). The molecule has 0 fully saturated rings. The van der Waals surface area contributed by atoms with Gasteiger partial charge in [-0.2, -0.15) is 0 Å². The summed E-state index contributed by atoms with van der Waals surface area (Å²) in [5.74, 6) is 1.65. The lowest BCUT2D eigenvalue weighted by Crippen LogP contribution is -2.47. The Labute approximate surface area is 189 Å². The van der Waals surface area contributed by atoms with Gasteiger partial charge in [0.15, 0.2) is 0 Å². The quantitative estimate of drug-likeness (QED) is 0.140. The van der Waals surface area contributed by atoms with E-state index in [0.29, 0.717) is 39.6 Å². The number of hydrogen-bond donors (Lipinski definition) is 2. The fraction of sp³-hybridized carbons (Fsp3) is 1.00. The molecule has 0 atom stereocenters. The van der Waals surface area contributed by atoms with Crippen LogP contribution in [0, 0.1) is 0 Å². The molecule has 0 aromatic carbocycles. The van der Waals surface area contributed by atoms with Gasteiger partial charge < -0.3 is 26.6 Å². The third kappa shape index (κ3) is 10.8. The van der Waals surface area contributed by atoms with Gasteiger partial charge in [-0.25, -0.2) is 0 Å². The minimum atomic E-state index is -2.70. The van der Waals surface area contributed by atoms with Crippen molar-refractivity contribution in [3.8, 4) is 0 Å². The van der Waals surface area contributed by atoms with Gasteiger partial charge in [0.05, 0.1) is 0 Å². The van der Waals surface area contributed by atoms with Crippen LogP contribution in [0.5, 0.6) is 0 Å². The van der Waals surface area contributed by atoms with Gasteiger partial charge >= 0.3 is 17.6 Å². The Morgan fingerprint density at radius 1 is 0.607 bits per heavy atom. The Morgan fingerprint density at radius 2 is 0.857 bits per heavy atom. The van der Waals surface area contributed by atoms with Crippen molar-refractivity contribution in [3.63, 3.8) is 0 Å². The molecule has 0 amide bonds. The SMILES string of the molecule is CCO[Si](CCS(S)(CC[Si](OCC)(OCC)OCC)SS)(OCC)OCC. The molecule has 172 valence electrons. The van der Waals surface area contributed by atoms with E-state index in [1.807, 2.05) is 41.5 Å². The van der Waals surface area contributed by atoms with Gasteiger partial charge in [0.2, 0.25) is 0 Å². The van der Waals surface area contributed by atoms with Crippen molar-refractivity contribution in [1.29, 1.82) is 0 Å². The summed E-state index contributed by atoms with van der Waals surface area (Å²) >= 11 is 9.57. The molecule has 0 aromatic rings. The Kier molecular flexibility index (Phi) is 17.2. The van der Waals surface area contributed by atoms with Crippen LogP contribution in [0.4, 0.5) is 0 Å². The van der Waals surface area contributed by atoms with Gasteiger partial charge in [-0.1, -0.05) is 0 Å². The van der Waals surface area contributed by atoms with E-state index in [9.17, 15) is 0 Å². The summed E-state index contributed by atoms with van der Waals surface area (Å²) in [6.45, 7) is 15.3. The van der Waals surface area contributed by atoms with Gasteiger partial charge in [0, 0.05) is 51.7 Å². The van der Waals surface area contributed by atoms with Crippen molar-refractivity contribution >= 4 is 58.8 Å². The molecule has 0 unspecified atom stereocenters. The van der Waals surface area contributed by atoms with Crippen molar-refractivity contribution in [1.82, 2.24) is 0 Å². The zero-order chi connectivity index (χ0) is 21.5. The zero-order valence-electron chi connectivity index (χ0n) is 18.2. The summed E-state index contributed by atoms with van der Waals surface area (Å²) in [7, 11) is -5.27. The molecule has 6 nitrogen and oxygen atoms in total. The summed E-state index contributed by atoms with van der Waals surface area (Å²) < 4.78 is 35.9. The molecular weight excluding hydrogens is 473 g/mol. The van der Waals surface area contributed by atoms with Crippen LogP contribution >= 0.6 is 41.2 Å². The average Bonchev–Trinajstić information content (AvgIpc) is 2.66. The van der Waals surface area contributed by atoms with Crippen molar-refractivity contribution in [2.45, 2.75) is 53.6 Å². The second-order valence-corrected chi connectivity index (χ2v) is 20.2. The molecule has 0 saturated heterocycles. The lowest BCUT2D eigenvalue weighted by atomic mass is 10.9.